The molecular formula is C9H16N4O2S. The van der Waals surface area contributed by atoms with Crippen LogP contribution >= 0.6 is 0 Å². The highest BCUT2D eigenvalue weighted by Crippen LogP contribution is 2.21. The van der Waals surface area contributed by atoms with Gasteiger partial charge in [0.25, 0.3) is 0 Å². The minimum Gasteiger partial charge on any atom is -0.330 e. The van der Waals surface area contributed by atoms with Crippen molar-refractivity contribution >= 4 is 10.0 Å². The Morgan fingerprint density at radius 3 is 2.94 bits per heavy atom. The number of hydrogen-bond acceptors (Lipinski definition) is 4. The highest BCUT2D eigenvalue weighted by atomic mass is 32.2. The molecule has 0 spiro atoms. The van der Waals surface area contributed by atoms with Crippen LogP contribution in [0.5, 0.6) is 0 Å². The third-order valence-corrected chi connectivity index (χ3v) is 3.89. The van der Waals surface area contributed by atoms with Gasteiger partial charge in [-0.2, -0.15) is 5.10 Å². The van der Waals surface area contributed by atoms with E-state index < -0.39 is 10.0 Å². The molecule has 1 aromatic rings. The van der Waals surface area contributed by atoms with Crippen molar-refractivity contribution in [1.29, 1.82) is 0 Å². The molecule has 7 heteroatoms. The average molecular weight is 244 g/mol. The van der Waals surface area contributed by atoms with Crippen molar-refractivity contribution < 1.29 is 8.42 Å². The van der Waals surface area contributed by atoms with E-state index in [0.29, 0.717) is 13.1 Å². The molecule has 0 unspecified atom stereocenters. The standard InChI is InChI=1S/C9H16N4O2S/c10-4-1-5-13-7-9(6-11-13)16(14,15)12-8-2-3-8/h6-8,12H,1-5,10H2. The first kappa shape index (κ1) is 11.6. The molecule has 0 radical (unpaired) electrons. The maximum atomic E-state index is 11.8. The number of hydrogen-bond donors (Lipinski definition) is 2. The lowest BCUT2D eigenvalue weighted by Crippen LogP contribution is -2.25. The summed E-state index contributed by atoms with van der Waals surface area (Å²) in [5.74, 6) is 0. The lowest BCUT2D eigenvalue weighted by molar-refractivity contribution is 0.576. The normalized spacial score (nSPS) is 16.6. The Labute approximate surface area is 94.9 Å². The summed E-state index contributed by atoms with van der Waals surface area (Å²) in [5.41, 5.74) is 5.37. The van der Waals surface area contributed by atoms with Crippen LogP contribution in [-0.2, 0) is 16.6 Å². The van der Waals surface area contributed by atoms with Gasteiger partial charge >= 0.3 is 0 Å². The second-order valence-electron chi connectivity index (χ2n) is 3.98. The zero-order valence-corrected chi connectivity index (χ0v) is 9.78. The van der Waals surface area contributed by atoms with E-state index in [0.717, 1.165) is 19.3 Å². The van der Waals surface area contributed by atoms with Gasteiger partial charge in [0.2, 0.25) is 10.0 Å². The van der Waals surface area contributed by atoms with E-state index in [4.69, 9.17) is 5.73 Å². The molecule has 1 aliphatic rings. The maximum absolute atomic E-state index is 11.8. The van der Waals surface area contributed by atoms with Crippen LogP contribution in [0.15, 0.2) is 17.3 Å². The van der Waals surface area contributed by atoms with E-state index in [1.54, 1.807) is 10.9 Å². The van der Waals surface area contributed by atoms with Crippen LogP contribution in [0.1, 0.15) is 19.3 Å². The van der Waals surface area contributed by atoms with Gasteiger partial charge in [-0.25, -0.2) is 13.1 Å². The third kappa shape index (κ3) is 2.81. The molecule has 0 aromatic carbocycles. The lowest BCUT2D eigenvalue weighted by Gasteiger charge is -2.01. The average Bonchev–Trinajstić information content (AvgIpc) is 2.89. The monoisotopic (exact) mass is 244 g/mol. The van der Waals surface area contributed by atoms with Crippen molar-refractivity contribution in [2.24, 2.45) is 5.73 Å². The number of rotatable bonds is 6. The molecule has 0 saturated heterocycles. The quantitative estimate of drug-likeness (QED) is 0.717. The molecule has 2 rings (SSSR count). The summed E-state index contributed by atoms with van der Waals surface area (Å²) in [6, 6.07) is 0.123. The molecule has 0 amide bonds. The Balaban J connectivity index is 2.04. The minimum atomic E-state index is -3.37. The van der Waals surface area contributed by atoms with Crippen molar-refractivity contribution in [2.75, 3.05) is 6.54 Å². The molecule has 90 valence electrons. The molecule has 16 heavy (non-hydrogen) atoms. The van der Waals surface area contributed by atoms with E-state index in [-0.39, 0.29) is 10.9 Å². The molecule has 1 fully saturated rings. The van der Waals surface area contributed by atoms with Crippen LogP contribution in [0.25, 0.3) is 0 Å². The van der Waals surface area contributed by atoms with E-state index in [9.17, 15) is 8.42 Å². The molecule has 6 nitrogen and oxygen atoms in total. The molecule has 1 aliphatic carbocycles. The molecule has 0 aliphatic heterocycles. The minimum absolute atomic E-state index is 0.123. The first-order valence-electron chi connectivity index (χ1n) is 5.36. The third-order valence-electron chi connectivity index (χ3n) is 2.41. The first-order valence-corrected chi connectivity index (χ1v) is 6.85. The van der Waals surface area contributed by atoms with Crippen molar-refractivity contribution in [1.82, 2.24) is 14.5 Å². The van der Waals surface area contributed by atoms with Gasteiger partial charge in [-0.05, 0) is 25.8 Å². The van der Waals surface area contributed by atoms with Gasteiger partial charge < -0.3 is 5.73 Å². The summed E-state index contributed by atoms with van der Waals surface area (Å²) in [5, 5.41) is 3.99. The lowest BCUT2D eigenvalue weighted by atomic mass is 10.4. The molecule has 3 N–H and O–H groups in total. The summed E-state index contributed by atoms with van der Waals surface area (Å²) in [4.78, 5) is 0.233. The smallest absolute Gasteiger partial charge is 0.243 e. The SMILES string of the molecule is NCCCn1cc(S(=O)(=O)NC2CC2)cn1. The fourth-order valence-electron chi connectivity index (χ4n) is 1.35. The Kier molecular flexibility index (Phi) is 3.27. The summed E-state index contributed by atoms with van der Waals surface area (Å²) in [7, 11) is -3.37. The van der Waals surface area contributed by atoms with Gasteiger partial charge in [0.05, 0.1) is 6.20 Å². The topological polar surface area (TPSA) is 90.0 Å². The van der Waals surface area contributed by atoms with Gasteiger partial charge in [-0.3, -0.25) is 4.68 Å². The Hall–Kier alpha value is -0.920. The Morgan fingerprint density at radius 1 is 1.56 bits per heavy atom. The second-order valence-corrected chi connectivity index (χ2v) is 5.69. The summed E-state index contributed by atoms with van der Waals surface area (Å²) in [6.07, 6.45) is 5.57. The van der Waals surface area contributed by atoms with E-state index in [2.05, 4.69) is 9.82 Å². The Morgan fingerprint density at radius 2 is 2.31 bits per heavy atom. The fraction of sp³-hybridized carbons (Fsp3) is 0.667. The highest BCUT2D eigenvalue weighted by molar-refractivity contribution is 7.89. The van der Waals surface area contributed by atoms with E-state index >= 15 is 0 Å². The van der Waals surface area contributed by atoms with Gasteiger partial charge in [0, 0.05) is 18.8 Å². The van der Waals surface area contributed by atoms with Crippen molar-refractivity contribution in [3.8, 4) is 0 Å². The van der Waals surface area contributed by atoms with Crippen molar-refractivity contribution in [3.63, 3.8) is 0 Å². The van der Waals surface area contributed by atoms with E-state index in [1.165, 1.54) is 6.20 Å². The number of aryl methyl sites for hydroxylation is 1. The number of aromatic nitrogens is 2. The number of nitrogens with one attached hydrogen (secondary N) is 1. The van der Waals surface area contributed by atoms with Gasteiger partial charge in [-0.1, -0.05) is 0 Å². The predicted octanol–water partition coefficient (Wildman–Crippen LogP) is -0.327. The van der Waals surface area contributed by atoms with E-state index in [1.807, 2.05) is 0 Å². The van der Waals surface area contributed by atoms with Gasteiger partial charge in [0.15, 0.2) is 0 Å². The predicted molar refractivity (Wildman–Crippen MR) is 59.2 cm³/mol. The molecule has 1 heterocycles. The van der Waals surface area contributed by atoms with Crippen molar-refractivity contribution in [2.45, 2.75) is 36.7 Å². The summed E-state index contributed by atoms with van der Waals surface area (Å²) in [6.45, 7) is 1.22. The number of nitrogens with zero attached hydrogens (tertiary/aromatic N) is 2. The molecule has 1 saturated carbocycles. The zero-order valence-electron chi connectivity index (χ0n) is 8.96. The molecular weight excluding hydrogens is 228 g/mol. The number of sulfonamides is 1. The zero-order chi connectivity index (χ0) is 11.6. The largest absolute Gasteiger partial charge is 0.330 e. The molecule has 1 aromatic heterocycles. The van der Waals surface area contributed by atoms with Crippen LogP contribution in [-0.4, -0.2) is 30.8 Å². The summed E-state index contributed by atoms with van der Waals surface area (Å²) < 4.78 is 27.8. The molecule has 0 bridgehead atoms. The van der Waals surface area contributed by atoms with Gasteiger partial charge in [0.1, 0.15) is 4.90 Å². The van der Waals surface area contributed by atoms with Crippen LogP contribution in [0.2, 0.25) is 0 Å². The van der Waals surface area contributed by atoms with Gasteiger partial charge in [-0.15, -0.1) is 0 Å². The van der Waals surface area contributed by atoms with Crippen LogP contribution in [0, 0.1) is 0 Å². The second kappa shape index (κ2) is 4.52. The van der Waals surface area contributed by atoms with Crippen molar-refractivity contribution in [3.05, 3.63) is 12.4 Å². The highest BCUT2D eigenvalue weighted by Gasteiger charge is 2.28. The number of nitrogens with two attached hydrogens (primary N) is 1. The Bertz CT molecular complexity index is 450. The molecule has 0 atom stereocenters. The van der Waals surface area contributed by atoms with Crippen LogP contribution < -0.4 is 10.5 Å². The fourth-order valence-corrected chi connectivity index (χ4v) is 2.60. The first-order chi connectivity index (χ1) is 7.62. The summed E-state index contributed by atoms with van der Waals surface area (Å²) >= 11 is 0. The maximum Gasteiger partial charge on any atom is 0.243 e. The van der Waals surface area contributed by atoms with Crippen LogP contribution in [0.3, 0.4) is 0 Å². The van der Waals surface area contributed by atoms with Crippen LogP contribution in [0.4, 0.5) is 0 Å².